The molecular formula is C26H32N4O3. The first kappa shape index (κ1) is 24.0. The van der Waals surface area contributed by atoms with Crippen molar-refractivity contribution in [3.63, 3.8) is 0 Å². The highest BCUT2D eigenvalue weighted by Crippen LogP contribution is 2.23. The Labute approximate surface area is 195 Å². The second-order valence-electron chi connectivity index (χ2n) is 7.83. The van der Waals surface area contributed by atoms with Gasteiger partial charge < -0.3 is 15.0 Å². The van der Waals surface area contributed by atoms with Crippen LogP contribution < -0.4 is 20.5 Å². The van der Waals surface area contributed by atoms with Crippen LogP contribution in [0.1, 0.15) is 32.3 Å². The highest BCUT2D eigenvalue weighted by molar-refractivity contribution is 5.91. The van der Waals surface area contributed by atoms with Gasteiger partial charge in [-0.2, -0.15) is 5.10 Å². The van der Waals surface area contributed by atoms with Crippen molar-refractivity contribution < 1.29 is 9.53 Å². The van der Waals surface area contributed by atoms with E-state index in [9.17, 15) is 9.59 Å². The molecule has 1 N–H and O–H groups in total. The molecule has 0 unspecified atom stereocenters. The van der Waals surface area contributed by atoms with E-state index in [0.29, 0.717) is 25.1 Å². The lowest BCUT2D eigenvalue weighted by Gasteiger charge is -2.22. The summed E-state index contributed by atoms with van der Waals surface area (Å²) in [6.45, 7) is 8.50. The van der Waals surface area contributed by atoms with E-state index in [-0.39, 0.29) is 11.5 Å². The molecule has 0 radical (unpaired) electrons. The minimum absolute atomic E-state index is 0.0759. The molecule has 7 heteroatoms. The van der Waals surface area contributed by atoms with E-state index in [2.05, 4.69) is 35.2 Å². The van der Waals surface area contributed by atoms with E-state index in [4.69, 9.17) is 4.74 Å². The summed E-state index contributed by atoms with van der Waals surface area (Å²) in [5, 5.41) is 7.45. The third-order valence-electron chi connectivity index (χ3n) is 5.64. The van der Waals surface area contributed by atoms with Crippen LogP contribution in [-0.4, -0.2) is 35.9 Å². The van der Waals surface area contributed by atoms with Crippen LogP contribution in [-0.2, 0) is 11.3 Å². The van der Waals surface area contributed by atoms with Crippen LogP contribution in [0.5, 0.6) is 5.75 Å². The molecule has 7 nitrogen and oxygen atoms in total. The first-order chi connectivity index (χ1) is 15.9. The van der Waals surface area contributed by atoms with Gasteiger partial charge in [0.05, 0.1) is 12.8 Å². The van der Waals surface area contributed by atoms with Crippen LogP contribution in [0.15, 0.2) is 59.4 Å². The van der Waals surface area contributed by atoms with Gasteiger partial charge in [0.1, 0.15) is 5.75 Å². The number of anilines is 2. The quantitative estimate of drug-likeness (QED) is 0.494. The summed E-state index contributed by atoms with van der Waals surface area (Å²) >= 11 is 0. The maximum Gasteiger partial charge on any atom is 0.266 e. The number of nitrogens with zero attached hydrogens (tertiary/aromatic N) is 3. The van der Waals surface area contributed by atoms with Gasteiger partial charge in [-0.15, -0.1) is 0 Å². The number of amides is 1. The molecule has 33 heavy (non-hydrogen) atoms. The summed E-state index contributed by atoms with van der Waals surface area (Å²) in [4.78, 5) is 27.0. The molecule has 0 bridgehead atoms. The Kier molecular flexibility index (Phi) is 8.24. The fourth-order valence-corrected chi connectivity index (χ4v) is 3.70. The average molecular weight is 449 g/mol. The highest BCUT2D eigenvalue weighted by atomic mass is 16.5. The van der Waals surface area contributed by atoms with E-state index in [1.165, 1.54) is 10.7 Å². The summed E-state index contributed by atoms with van der Waals surface area (Å²) in [6.07, 6.45) is 0.819. The van der Waals surface area contributed by atoms with Crippen molar-refractivity contribution in [1.29, 1.82) is 0 Å². The maximum atomic E-state index is 12.5. The summed E-state index contributed by atoms with van der Waals surface area (Å²) in [5.74, 6) is 0.684. The molecule has 0 aliphatic carbocycles. The number of benzene rings is 2. The summed E-state index contributed by atoms with van der Waals surface area (Å²) in [5.41, 5.74) is 4.40. The lowest BCUT2D eigenvalue weighted by Crippen LogP contribution is -2.23. The van der Waals surface area contributed by atoms with E-state index in [1.807, 2.05) is 43.3 Å². The summed E-state index contributed by atoms with van der Waals surface area (Å²) in [7, 11) is 1.62. The van der Waals surface area contributed by atoms with E-state index < -0.39 is 0 Å². The molecular weight excluding hydrogens is 416 g/mol. The van der Waals surface area contributed by atoms with Crippen molar-refractivity contribution in [3.05, 3.63) is 70.5 Å². The van der Waals surface area contributed by atoms with Gasteiger partial charge in [0.15, 0.2) is 0 Å². The number of carbonyl (C=O) groups excluding carboxylic acids is 1. The largest absolute Gasteiger partial charge is 0.497 e. The molecule has 0 atom stereocenters. The summed E-state index contributed by atoms with van der Waals surface area (Å²) < 4.78 is 6.60. The first-order valence-corrected chi connectivity index (χ1v) is 11.3. The van der Waals surface area contributed by atoms with Crippen LogP contribution in [0.25, 0.3) is 11.3 Å². The highest BCUT2D eigenvalue weighted by Gasteiger charge is 2.09. The Hall–Kier alpha value is -3.61. The van der Waals surface area contributed by atoms with Crippen LogP contribution in [0.4, 0.5) is 11.4 Å². The number of aryl methyl sites for hydroxylation is 2. The lowest BCUT2D eigenvalue weighted by molar-refractivity contribution is -0.116. The summed E-state index contributed by atoms with van der Waals surface area (Å²) in [6, 6.07) is 16.8. The molecule has 3 rings (SSSR count). The van der Waals surface area contributed by atoms with Gasteiger partial charge in [0.2, 0.25) is 5.91 Å². The smallest absolute Gasteiger partial charge is 0.266 e. The predicted octanol–water partition coefficient (Wildman–Crippen LogP) is 4.49. The Morgan fingerprint density at radius 3 is 2.42 bits per heavy atom. The van der Waals surface area contributed by atoms with E-state index >= 15 is 0 Å². The molecule has 174 valence electrons. The number of aromatic nitrogens is 2. The minimum Gasteiger partial charge on any atom is -0.497 e. The minimum atomic E-state index is -0.185. The number of methoxy groups -OCH3 is 1. The van der Waals surface area contributed by atoms with Crippen LogP contribution in [0.2, 0.25) is 0 Å². The van der Waals surface area contributed by atoms with Gasteiger partial charge in [-0.3, -0.25) is 9.59 Å². The number of rotatable bonds is 10. The normalized spacial score (nSPS) is 10.7. The van der Waals surface area contributed by atoms with Crippen LogP contribution in [0, 0.1) is 6.92 Å². The Balaban J connectivity index is 1.59. The van der Waals surface area contributed by atoms with Gasteiger partial charge in [0.25, 0.3) is 5.56 Å². The molecule has 3 aromatic rings. The second kappa shape index (κ2) is 11.3. The number of hydrogen-bond donors (Lipinski definition) is 1. The van der Waals surface area contributed by atoms with Gasteiger partial charge in [-0.1, -0.05) is 0 Å². The Morgan fingerprint density at radius 2 is 1.79 bits per heavy atom. The van der Waals surface area contributed by atoms with E-state index in [0.717, 1.165) is 41.3 Å². The fraction of sp³-hybridized carbons (Fsp3) is 0.346. The van der Waals surface area contributed by atoms with E-state index in [1.54, 1.807) is 13.2 Å². The number of hydrogen-bond acceptors (Lipinski definition) is 5. The van der Waals surface area contributed by atoms with Gasteiger partial charge in [0, 0.05) is 49.1 Å². The standard InChI is InChI=1S/C26H32N4O3/c1-5-29(6-2)21-11-14-23(19(3)18-21)27-25(31)8-7-17-30-26(32)16-15-24(28-30)20-9-12-22(33-4)13-10-20/h9-16,18H,5-8,17H2,1-4H3,(H,27,31). The average Bonchev–Trinajstić information content (AvgIpc) is 2.83. The maximum absolute atomic E-state index is 12.5. The second-order valence-corrected chi connectivity index (χ2v) is 7.83. The molecule has 0 aliphatic heterocycles. The zero-order valence-corrected chi connectivity index (χ0v) is 19.8. The zero-order valence-electron chi connectivity index (χ0n) is 19.8. The molecule has 1 amide bonds. The molecule has 0 aliphatic rings. The molecule has 0 spiro atoms. The van der Waals surface area contributed by atoms with Crippen LogP contribution >= 0.6 is 0 Å². The van der Waals surface area contributed by atoms with Gasteiger partial charge >= 0.3 is 0 Å². The van der Waals surface area contributed by atoms with Crippen molar-refractivity contribution in [1.82, 2.24) is 9.78 Å². The third-order valence-corrected chi connectivity index (χ3v) is 5.64. The topological polar surface area (TPSA) is 76.5 Å². The van der Waals surface area contributed by atoms with Gasteiger partial charge in [-0.05, 0) is 81.3 Å². The third kappa shape index (κ3) is 6.22. The SMILES string of the molecule is CCN(CC)c1ccc(NC(=O)CCCn2nc(-c3ccc(OC)cc3)ccc2=O)c(C)c1. The zero-order chi connectivity index (χ0) is 23.8. The molecule has 2 aromatic carbocycles. The first-order valence-electron chi connectivity index (χ1n) is 11.3. The van der Waals surface area contributed by atoms with Crippen LogP contribution in [0.3, 0.4) is 0 Å². The molecule has 0 fully saturated rings. The molecule has 0 saturated carbocycles. The lowest BCUT2D eigenvalue weighted by atomic mass is 10.1. The number of nitrogens with one attached hydrogen (secondary N) is 1. The number of carbonyl (C=O) groups is 1. The van der Waals surface area contributed by atoms with Gasteiger partial charge in [-0.25, -0.2) is 4.68 Å². The molecule has 0 saturated heterocycles. The van der Waals surface area contributed by atoms with Crippen molar-refractivity contribution in [2.75, 3.05) is 30.4 Å². The molecule has 1 heterocycles. The fourth-order valence-electron chi connectivity index (χ4n) is 3.70. The number of ether oxygens (including phenoxy) is 1. The van der Waals surface area contributed by atoms with Crippen molar-refractivity contribution in [2.45, 2.75) is 40.2 Å². The predicted molar refractivity (Wildman–Crippen MR) is 133 cm³/mol. The Morgan fingerprint density at radius 1 is 1.06 bits per heavy atom. The molecule has 1 aromatic heterocycles. The van der Waals surface area contributed by atoms with Crippen molar-refractivity contribution in [3.8, 4) is 17.0 Å². The van der Waals surface area contributed by atoms with Crippen molar-refractivity contribution in [2.24, 2.45) is 0 Å². The Bertz CT molecular complexity index is 1140. The van der Waals surface area contributed by atoms with Crippen molar-refractivity contribution >= 4 is 17.3 Å². The monoisotopic (exact) mass is 448 g/mol.